The van der Waals surface area contributed by atoms with Gasteiger partial charge in [-0.2, -0.15) is 8.42 Å². The van der Waals surface area contributed by atoms with Gasteiger partial charge in [0.05, 0.1) is 6.61 Å². The molecule has 0 saturated heterocycles. The second kappa shape index (κ2) is 3.93. The number of halogens is 2. The lowest BCUT2D eigenvalue weighted by atomic mass is 10.3. The second-order valence-electron chi connectivity index (χ2n) is 1.95. The van der Waals surface area contributed by atoms with Crippen molar-refractivity contribution in [1.82, 2.24) is 0 Å². The third-order valence-electron chi connectivity index (χ3n) is 1.07. The molecule has 0 aromatic rings. The third-order valence-corrected chi connectivity index (χ3v) is 2.25. The van der Waals surface area contributed by atoms with Crippen molar-refractivity contribution >= 4 is 10.1 Å². The zero-order valence-electron chi connectivity index (χ0n) is 5.44. The standard InChI is InChI=1S/C4H8F2O4S/c5-4(6)1-3(2-7)11(8,9)10/h3-4,7H,1-2H2,(H,8,9,10). The minimum absolute atomic E-state index is 0.997. The Morgan fingerprint density at radius 3 is 1.91 bits per heavy atom. The third kappa shape index (κ3) is 4.23. The fourth-order valence-electron chi connectivity index (χ4n) is 0.489. The molecule has 68 valence electrons. The van der Waals surface area contributed by atoms with Gasteiger partial charge in [0.25, 0.3) is 10.1 Å². The van der Waals surface area contributed by atoms with Crippen LogP contribution >= 0.6 is 0 Å². The number of rotatable bonds is 4. The molecule has 0 radical (unpaired) electrons. The number of hydrogen-bond acceptors (Lipinski definition) is 3. The number of aliphatic hydroxyl groups is 1. The Morgan fingerprint density at radius 2 is 1.82 bits per heavy atom. The maximum Gasteiger partial charge on any atom is 0.270 e. The summed E-state index contributed by atoms with van der Waals surface area (Å²) in [6, 6.07) is 0. The van der Waals surface area contributed by atoms with Crippen molar-refractivity contribution in [1.29, 1.82) is 0 Å². The predicted molar refractivity (Wildman–Crippen MR) is 33.0 cm³/mol. The quantitative estimate of drug-likeness (QED) is 0.606. The zero-order chi connectivity index (χ0) is 9.07. The first kappa shape index (κ1) is 10.7. The Bertz CT molecular complexity index is 200. The van der Waals surface area contributed by atoms with Crippen LogP contribution in [0, 0.1) is 0 Å². The van der Waals surface area contributed by atoms with Crippen LogP contribution in [0.4, 0.5) is 8.78 Å². The van der Waals surface area contributed by atoms with Crippen LogP contribution in [-0.2, 0) is 10.1 Å². The summed E-state index contributed by atoms with van der Waals surface area (Å²) in [4.78, 5) is 0. The molecule has 0 rings (SSSR count). The lowest BCUT2D eigenvalue weighted by molar-refractivity contribution is 0.124. The highest BCUT2D eigenvalue weighted by molar-refractivity contribution is 7.86. The van der Waals surface area contributed by atoms with Gasteiger partial charge >= 0.3 is 0 Å². The van der Waals surface area contributed by atoms with Crippen LogP contribution in [0.5, 0.6) is 0 Å². The van der Waals surface area contributed by atoms with Crippen molar-refractivity contribution in [2.45, 2.75) is 18.1 Å². The molecule has 4 nitrogen and oxygen atoms in total. The van der Waals surface area contributed by atoms with Gasteiger partial charge in [-0.1, -0.05) is 0 Å². The van der Waals surface area contributed by atoms with Gasteiger partial charge in [0.15, 0.2) is 0 Å². The van der Waals surface area contributed by atoms with E-state index in [1.165, 1.54) is 0 Å². The summed E-state index contributed by atoms with van der Waals surface area (Å²) in [6.45, 7) is -0.997. The fourth-order valence-corrected chi connectivity index (χ4v) is 1.07. The fraction of sp³-hybridized carbons (Fsp3) is 1.00. The smallest absolute Gasteiger partial charge is 0.270 e. The summed E-state index contributed by atoms with van der Waals surface area (Å²) >= 11 is 0. The summed E-state index contributed by atoms with van der Waals surface area (Å²) < 4.78 is 51.6. The van der Waals surface area contributed by atoms with Crippen LogP contribution in [-0.4, -0.2) is 36.4 Å². The summed E-state index contributed by atoms with van der Waals surface area (Å²) in [5.74, 6) is 0. The van der Waals surface area contributed by atoms with Crippen LogP contribution in [0.1, 0.15) is 6.42 Å². The summed E-state index contributed by atoms with van der Waals surface area (Å²) in [5, 5.41) is 6.46. The van der Waals surface area contributed by atoms with Gasteiger partial charge in [-0.05, 0) is 0 Å². The molecule has 0 aliphatic carbocycles. The van der Waals surface area contributed by atoms with Crippen LogP contribution < -0.4 is 0 Å². The Hall–Kier alpha value is -0.270. The van der Waals surface area contributed by atoms with Crippen molar-refractivity contribution in [3.05, 3.63) is 0 Å². The van der Waals surface area contributed by atoms with E-state index in [4.69, 9.17) is 9.66 Å². The van der Waals surface area contributed by atoms with E-state index in [9.17, 15) is 17.2 Å². The minimum Gasteiger partial charge on any atom is -0.395 e. The molecule has 0 bridgehead atoms. The molecule has 0 fully saturated rings. The van der Waals surface area contributed by atoms with Gasteiger partial charge in [-0.3, -0.25) is 4.55 Å². The second-order valence-corrected chi connectivity index (χ2v) is 3.64. The van der Waals surface area contributed by atoms with Crippen LogP contribution in [0.3, 0.4) is 0 Å². The van der Waals surface area contributed by atoms with Crippen LogP contribution in [0.25, 0.3) is 0 Å². The molecule has 0 spiro atoms. The highest BCUT2D eigenvalue weighted by Crippen LogP contribution is 2.10. The van der Waals surface area contributed by atoms with E-state index in [1.807, 2.05) is 0 Å². The van der Waals surface area contributed by atoms with Crippen molar-refractivity contribution < 1.29 is 26.9 Å². The Labute approximate surface area is 62.6 Å². The van der Waals surface area contributed by atoms with Crippen molar-refractivity contribution in [3.8, 4) is 0 Å². The molecule has 0 aliphatic heterocycles. The van der Waals surface area contributed by atoms with Crippen LogP contribution in [0.15, 0.2) is 0 Å². The number of aliphatic hydroxyl groups excluding tert-OH is 1. The highest BCUT2D eigenvalue weighted by atomic mass is 32.2. The monoisotopic (exact) mass is 190 g/mol. The largest absolute Gasteiger partial charge is 0.395 e. The Kier molecular flexibility index (Phi) is 3.84. The van der Waals surface area contributed by atoms with E-state index in [0.29, 0.717) is 0 Å². The lowest BCUT2D eigenvalue weighted by Crippen LogP contribution is -2.26. The van der Waals surface area contributed by atoms with E-state index < -0.39 is 34.8 Å². The number of hydrogen-bond donors (Lipinski definition) is 2. The first-order chi connectivity index (χ1) is 4.88. The highest BCUT2D eigenvalue weighted by Gasteiger charge is 2.25. The molecule has 1 atom stereocenters. The molecule has 1 unspecified atom stereocenters. The maximum atomic E-state index is 11.5. The van der Waals surface area contributed by atoms with Gasteiger partial charge in [-0.15, -0.1) is 0 Å². The normalized spacial score (nSPS) is 15.4. The van der Waals surface area contributed by atoms with E-state index in [1.54, 1.807) is 0 Å². The van der Waals surface area contributed by atoms with Crippen molar-refractivity contribution in [3.63, 3.8) is 0 Å². The molecule has 0 amide bonds. The summed E-state index contributed by atoms with van der Waals surface area (Å²) in [6.07, 6.45) is -3.90. The SMILES string of the molecule is O=S(=O)(O)C(CO)CC(F)F. The van der Waals surface area contributed by atoms with E-state index in [2.05, 4.69) is 0 Å². The molecular formula is C4H8F2O4S. The Balaban J connectivity index is 4.20. The average molecular weight is 190 g/mol. The van der Waals surface area contributed by atoms with Crippen molar-refractivity contribution in [2.75, 3.05) is 6.61 Å². The molecule has 0 aromatic carbocycles. The van der Waals surface area contributed by atoms with Crippen LogP contribution in [0.2, 0.25) is 0 Å². The van der Waals surface area contributed by atoms with Gasteiger partial charge < -0.3 is 5.11 Å². The molecule has 0 aromatic heterocycles. The van der Waals surface area contributed by atoms with Crippen molar-refractivity contribution in [2.24, 2.45) is 0 Å². The Morgan fingerprint density at radius 1 is 1.36 bits per heavy atom. The topological polar surface area (TPSA) is 74.6 Å². The van der Waals surface area contributed by atoms with Gasteiger partial charge in [0, 0.05) is 6.42 Å². The van der Waals surface area contributed by atoms with Gasteiger partial charge in [-0.25, -0.2) is 8.78 Å². The lowest BCUT2D eigenvalue weighted by Gasteiger charge is -2.08. The van der Waals surface area contributed by atoms with E-state index in [-0.39, 0.29) is 0 Å². The van der Waals surface area contributed by atoms with E-state index in [0.717, 1.165) is 0 Å². The minimum atomic E-state index is -4.54. The molecule has 7 heteroatoms. The van der Waals surface area contributed by atoms with Gasteiger partial charge in [0.2, 0.25) is 6.43 Å². The molecule has 0 aliphatic rings. The number of alkyl halides is 2. The van der Waals surface area contributed by atoms with Gasteiger partial charge in [0.1, 0.15) is 5.25 Å². The summed E-state index contributed by atoms with van der Waals surface area (Å²) in [7, 11) is -4.54. The molecule has 0 heterocycles. The predicted octanol–water partition coefficient (Wildman–Crippen LogP) is -0.110. The first-order valence-corrected chi connectivity index (χ1v) is 4.23. The molecule has 0 saturated carbocycles. The molecule has 2 N–H and O–H groups in total. The summed E-state index contributed by atoms with van der Waals surface area (Å²) in [5.41, 5.74) is 0. The molecule has 11 heavy (non-hydrogen) atoms. The van der Waals surface area contributed by atoms with E-state index >= 15 is 0 Å². The average Bonchev–Trinajstić information content (AvgIpc) is 1.79. The zero-order valence-corrected chi connectivity index (χ0v) is 6.26. The first-order valence-electron chi connectivity index (χ1n) is 2.73. The maximum absolute atomic E-state index is 11.5. The molecular weight excluding hydrogens is 182 g/mol.